The SMILES string of the molecule is COc1ccc(CC(C#N)c2c(C)noc2C)c(OC)c1. The Bertz CT molecular complexity index is 651. The maximum absolute atomic E-state index is 9.49. The second-order valence-corrected chi connectivity index (χ2v) is 4.80. The summed E-state index contributed by atoms with van der Waals surface area (Å²) >= 11 is 0. The van der Waals surface area contributed by atoms with Crippen molar-refractivity contribution in [2.45, 2.75) is 26.2 Å². The quantitative estimate of drug-likeness (QED) is 0.844. The number of aromatic nitrogens is 1. The molecule has 1 aromatic carbocycles. The molecule has 0 spiro atoms. The molecule has 1 unspecified atom stereocenters. The van der Waals surface area contributed by atoms with Gasteiger partial charge in [0.15, 0.2) is 0 Å². The molecule has 0 aliphatic carbocycles. The molecule has 0 saturated carbocycles. The van der Waals surface area contributed by atoms with E-state index in [-0.39, 0.29) is 5.92 Å². The van der Waals surface area contributed by atoms with Crippen molar-refractivity contribution < 1.29 is 14.0 Å². The molecule has 0 N–H and O–H groups in total. The molecular weight excluding hydrogens is 268 g/mol. The molecule has 0 bridgehead atoms. The Labute approximate surface area is 124 Å². The molecule has 0 aliphatic rings. The lowest BCUT2D eigenvalue weighted by atomic mass is 9.91. The Morgan fingerprint density at radius 3 is 2.57 bits per heavy atom. The smallest absolute Gasteiger partial charge is 0.138 e. The van der Waals surface area contributed by atoms with Crippen LogP contribution in [0.4, 0.5) is 0 Å². The summed E-state index contributed by atoms with van der Waals surface area (Å²) in [6.45, 7) is 3.67. The first-order chi connectivity index (χ1) is 10.1. The zero-order chi connectivity index (χ0) is 15.4. The first-order valence-corrected chi connectivity index (χ1v) is 6.64. The molecule has 21 heavy (non-hydrogen) atoms. The third-order valence-corrected chi connectivity index (χ3v) is 3.51. The van der Waals surface area contributed by atoms with Gasteiger partial charge >= 0.3 is 0 Å². The second kappa shape index (κ2) is 6.31. The van der Waals surface area contributed by atoms with Crippen molar-refractivity contribution in [1.82, 2.24) is 5.16 Å². The number of aryl methyl sites for hydroxylation is 2. The van der Waals surface area contributed by atoms with E-state index in [9.17, 15) is 5.26 Å². The summed E-state index contributed by atoms with van der Waals surface area (Å²) in [4.78, 5) is 0. The summed E-state index contributed by atoms with van der Waals surface area (Å²) < 4.78 is 15.7. The lowest BCUT2D eigenvalue weighted by molar-refractivity contribution is 0.389. The number of ether oxygens (including phenoxy) is 2. The van der Waals surface area contributed by atoms with Gasteiger partial charge in [-0.05, 0) is 31.9 Å². The summed E-state index contributed by atoms with van der Waals surface area (Å²) in [5.41, 5.74) is 2.56. The third-order valence-electron chi connectivity index (χ3n) is 3.51. The largest absolute Gasteiger partial charge is 0.497 e. The highest BCUT2D eigenvalue weighted by Gasteiger charge is 2.22. The van der Waals surface area contributed by atoms with Gasteiger partial charge in [-0.1, -0.05) is 11.2 Å². The molecule has 2 aromatic rings. The van der Waals surface area contributed by atoms with Crippen molar-refractivity contribution in [3.05, 3.63) is 40.8 Å². The number of rotatable bonds is 5. The zero-order valence-electron chi connectivity index (χ0n) is 12.6. The maximum Gasteiger partial charge on any atom is 0.138 e. The highest BCUT2D eigenvalue weighted by molar-refractivity contribution is 5.43. The van der Waals surface area contributed by atoms with Gasteiger partial charge in [-0.15, -0.1) is 0 Å². The number of benzene rings is 1. The van der Waals surface area contributed by atoms with E-state index in [0.717, 1.165) is 22.6 Å². The maximum atomic E-state index is 9.49. The molecule has 0 amide bonds. The Morgan fingerprint density at radius 1 is 1.29 bits per heavy atom. The second-order valence-electron chi connectivity index (χ2n) is 4.80. The third kappa shape index (κ3) is 3.00. The van der Waals surface area contributed by atoms with Crippen molar-refractivity contribution in [1.29, 1.82) is 5.26 Å². The van der Waals surface area contributed by atoms with Crippen LogP contribution in [0.25, 0.3) is 0 Å². The molecule has 0 radical (unpaired) electrons. The summed E-state index contributed by atoms with van der Waals surface area (Å²) in [6.07, 6.45) is 0.534. The van der Waals surface area contributed by atoms with E-state index in [1.165, 1.54) is 0 Å². The standard InChI is InChI=1S/C16H18N2O3/c1-10-16(11(2)21-18-10)13(9-17)7-12-5-6-14(19-3)8-15(12)20-4/h5-6,8,13H,7H2,1-4H3. The Morgan fingerprint density at radius 2 is 2.05 bits per heavy atom. The topological polar surface area (TPSA) is 68.3 Å². The van der Waals surface area contributed by atoms with E-state index >= 15 is 0 Å². The van der Waals surface area contributed by atoms with Gasteiger partial charge in [0.05, 0.1) is 31.9 Å². The van der Waals surface area contributed by atoms with Crippen molar-refractivity contribution >= 4 is 0 Å². The molecule has 2 rings (SSSR count). The minimum absolute atomic E-state index is 0.321. The van der Waals surface area contributed by atoms with Gasteiger partial charge in [0, 0.05) is 11.6 Å². The average molecular weight is 286 g/mol. The zero-order valence-corrected chi connectivity index (χ0v) is 12.6. The lowest BCUT2D eigenvalue weighted by Gasteiger charge is -2.13. The van der Waals surface area contributed by atoms with E-state index in [4.69, 9.17) is 14.0 Å². The molecular formula is C16H18N2O3. The fourth-order valence-corrected chi connectivity index (χ4v) is 2.44. The Hall–Kier alpha value is -2.48. The first-order valence-electron chi connectivity index (χ1n) is 6.64. The lowest BCUT2D eigenvalue weighted by Crippen LogP contribution is -2.04. The van der Waals surface area contributed by atoms with Crippen LogP contribution in [0.1, 0.15) is 28.5 Å². The minimum atomic E-state index is -0.321. The van der Waals surface area contributed by atoms with Gasteiger partial charge in [0.25, 0.3) is 0 Å². The van der Waals surface area contributed by atoms with Crippen LogP contribution >= 0.6 is 0 Å². The van der Waals surface area contributed by atoms with Crippen LogP contribution in [0.3, 0.4) is 0 Å². The van der Waals surface area contributed by atoms with Crippen LogP contribution in [0.15, 0.2) is 22.7 Å². The van der Waals surface area contributed by atoms with Crippen LogP contribution in [-0.4, -0.2) is 19.4 Å². The Balaban J connectivity index is 2.34. The number of nitriles is 1. The van der Waals surface area contributed by atoms with E-state index in [0.29, 0.717) is 17.9 Å². The van der Waals surface area contributed by atoms with Crippen molar-refractivity contribution in [3.63, 3.8) is 0 Å². The molecule has 1 heterocycles. The van der Waals surface area contributed by atoms with Crippen LogP contribution in [0.5, 0.6) is 11.5 Å². The molecule has 1 aromatic heterocycles. The van der Waals surface area contributed by atoms with Crippen molar-refractivity contribution in [2.75, 3.05) is 14.2 Å². The number of hydrogen-bond donors (Lipinski definition) is 0. The summed E-state index contributed by atoms with van der Waals surface area (Å²) in [5.74, 6) is 1.80. The van der Waals surface area contributed by atoms with Gasteiger partial charge in [-0.25, -0.2) is 0 Å². The van der Waals surface area contributed by atoms with Gasteiger partial charge in [-0.3, -0.25) is 0 Å². The van der Waals surface area contributed by atoms with Crippen molar-refractivity contribution in [3.8, 4) is 17.6 Å². The highest BCUT2D eigenvalue weighted by atomic mass is 16.5. The molecule has 0 aliphatic heterocycles. The summed E-state index contributed by atoms with van der Waals surface area (Å²) in [5, 5.41) is 13.4. The van der Waals surface area contributed by atoms with E-state index in [2.05, 4.69) is 11.2 Å². The molecule has 1 atom stereocenters. The van der Waals surface area contributed by atoms with Crippen molar-refractivity contribution in [2.24, 2.45) is 0 Å². The average Bonchev–Trinajstić information content (AvgIpc) is 2.84. The van der Waals surface area contributed by atoms with E-state index in [1.807, 2.05) is 32.0 Å². The number of methoxy groups -OCH3 is 2. The molecule has 110 valence electrons. The monoisotopic (exact) mass is 286 g/mol. The van der Waals surface area contributed by atoms with Gasteiger partial charge in [0.2, 0.25) is 0 Å². The Kier molecular flexibility index (Phi) is 4.49. The molecule has 5 nitrogen and oxygen atoms in total. The van der Waals surface area contributed by atoms with E-state index < -0.39 is 0 Å². The van der Waals surface area contributed by atoms with Gasteiger partial charge in [-0.2, -0.15) is 5.26 Å². The number of hydrogen-bond acceptors (Lipinski definition) is 5. The predicted molar refractivity (Wildman–Crippen MR) is 77.6 cm³/mol. The molecule has 0 saturated heterocycles. The molecule has 5 heteroatoms. The highest BCUT2D eigenvalue weighted by Crippen LogP contribution is 2.31. The van der Waals surface area contributed by atoms with Gasteiger partial charge < -0.3 is 14.0 Å². The van der Waals surface area contributed by atoms with Crippen LogP contribution < -0.4 is 9.47 Å². The minimum Gasteiger partial charge on any atom is -0.497 e. The van der Waals surface area contributed by atoms with E-state index in [1.54, 1.807) is 14.2 Å². The molecule has 0 fully saturated rings. The van der Waals surface area contributed by atoms with Crippen LogP contribution in [0.2, 0.25) is 0 Å². The summed E-state index contributed by atoms with van der Waals surface area (Å²) in [7, 11) is 3.21. The normalized spacial score (nSPS) is 11.8. The first kappa shape index (κ1) is 14.9. The number of nitrogens with zero attached hydrogens (tertiary/aromatic N) is 2. The fourth-order valence-electron chi connectivity index (χ4n) is 2.44. The predicted octanol–water partition coefficient (Wildman–Crippen LogP) is 3.16. The summed E-state index contributed by atoms with van der Waals surface area (Å²) in [6, 6.07) is 7.92. The fraction of sp³-hybridized carbons (Fsp3) is 0.375. The van der Waals surface area contributed by atoms with Crippen LogP contribution in [0, 0.1) is 25.2 Å². The van der Waals surface area contributed by atoms with Crippen LogP contribution in [-0.2, 0) is 6.42 Å². The van der Waals surface area contributed by atoms with Gasteiger partial charge in [0.1, 0.15) is 17.3 Å².